The van der Waals surface area contributed by atoms with Gasteiger partial charge in [-0.25, -0.2) is 4.98 Å². The van der Waals surface area contributed by atoms with Gasteiger partial charge in [0.2, 0.25) is 0 Å². The topological polar surface area (TPSA) is 68.3 Å². The number of aryl methyl sites for hydroxylation is 2. The molecule has 2 aromatic carbocycles. The number of hydrogen-bond acceptors (Lipinski definition) is 5. The third-order valence-corrected chi connectivity index (χ3v) is 6.34. The summed E-state index contributed by atoms with van der Waals surface area (Å²) in [5.74, 6) is -0.629. The number of fused-ring (bicyclic) bond motifs is 2. The molecule has 0 saturated carbocycles. The van der Waals surface area contributed by atoms with Gasteiger partial charge in [0, 0.05) is 6.42 Å². The van der Waals surface area contributed by atoms with Crippen LogP contribution in [0.4, 0.5) is 0 Å². The van der Waals surface area contributed by atoms with Crippen LogP contribution in [0.25, 0.3) is 10.2 Å². The number of hydrogen-bond donors (Lipinski definition) is 1. The van der Waals surface area contributed by atoms with Gasteiger partial charge in [0.25, 0.3) is 5.91 Å². The lowest BCUT2D eigenvalue weighted by Gasteiger charge is -2.27. The van der Waals surface area contributed by atoms with Gasteiger partial charge in [0.05, 0.1) is 27.7 Å². The van der Waals surface area contributed by atoms with E-state index in [1.54, 1.807) is 18.3 Å². The molecule has 1 N–H and O–H groups in total. The summed E-state index contributed by atoms with van der Waals surface area (Å²) in [4.78, 5) is 29.3. The lowest BCUT2D eigenvalue weighted by Crippen LogP contribution is -2.39. The van der Waals surface area contributed by atoms with Crippen LogP contribution >= 0.6 is 11.3 Å². The Morgan fingerprint density at radius 2 is 2.00 bits per heavy atom. The van der Waals surface area contributed by atoms with Crippen LogP contribution in [0.2, 0.25) is 0 Å². The molecular weight excluding hydrogens is 384 g/mol. The number of benzene rings is 2. The molecule has 5 nitrogen and oxygen atoms in total. The highest BCUT2D eigenvalue weighted by atomic mass is 32.1. The number of ether oxygens (including phenoxy) is 1. The first-order valence-corrected chi connectivity index (χ1v) is 10.8. The maximum absolute atomic E-state index is 12.5. The first-order chi connectivity index (χ1) is 14.1. The van der Waals surface area contributed by atoms with Gasteiger partial charge < -0.3 is 10.1 Å². The smallest absolute Gasteiger partial charge is 0.306 e. The minimum Gasteiger partial charge on any atom is -0.453 e. The van der Waals surface area contributed by atoms with Crippen molar-refractivity contribution in [1.29, 1.82) is 0 Å². The minimum absolute atomic E-state index is 0.0173. The van der Waals surface area contributed by atoms with E-state index in [9.17, 15) is 9.59 Å². The van der Waals surface area contributed by atoms with E-state index in [-0.39, 0.29) is 24.3 Å². The SMILES string of the molecule is C[C@H](OC(=O)CCc1nc2ccccc2s1)C(=O)N[C@@H]1CCCc2ccccc21. The fourth-order valence-electron chi connectivity index (χ4n) is 3.74. The van der Waals surface area contributed by atoms with E-state index < -0.39 is 6.10 Å². The van der Waals surface area contributed by atoms with E-state index >= 15 is 0 Å². The van der Waals surface area contributed by atoms with Crippen molar-refractivity contribution in [2.75, 3.05) is 0 Å². The monoisotopic (exact) mass is 408 g/mol. The van der Waals surface area contributed by atoms with Gasteiger partial charge in [-0.1, -0.05) is 36.4 Å². The zero-order valence-corrected chi connectivity index (χ0v) is 17.2. The standard InChI is InChI=1S/C23H24N2O3S/c1-15(23(27)25-18-11-6-8-16-7-2-3-9-17(16)18)28-22(26)14-13-21-24-19-10-4-5-12-20(19)29-21/h2-5,7,9-10,12,15,18H,6,8,11,13-14H2,1H3,(H,25,27)/t15-,18+/m0/s1. The number of nitrogens with one attached hydrogen (secondary N) is 1. The van der Waals surface area contributed by atoms with Crippen molar-refractivity contribution in [2.45, 2.75) is 51.2 Å². The van der Waals surface area contributed by atoms with Gasteiger partial charge in [0.15, 0.2) is 6.10 Å². The highest BCUT2D eigenvalue weighted by Gasteiger charge is 2.25. The maximum atomic E-state index is 12.5. The van der Waals surface area contributed by atoms with Gasteiger partial charge in [-0.3, -0.25) is 9.59 Å². The molecule has 29 heavy (non-hydrogen) atoms. The predicted molar refractivity (Wildman–Crippen MR) is 114 cm³/mol. The van der Waals surface area contributed by atoms with E-state index in [0.29, 0.717) is 6.42 Å². The average molecular weight is 409 g/mol. The fraction of sp³-hybridized carbons (Fsp3) is 0.348. The molecule has 3 aromatic rings. The number of nitrogens with zero attached hydrogens (tertiary/aromatic N) is 1. The lowest BCUT2D eigenvalue weighted by atomic mass is 9.87. The number of esters is 1. The van der Waals surface area contributed by atoms with Crippen LogP contribution in [-0.4, -0.2) is 23.0 Å². The molecule has 1 aliphatic rings. The summed E-state index contributed by atoms with van der Waals surface area (Å²) in [6.07, 6.45) is 2.90. The normalized spacial score (nSPS) is 16.8. The largest absolute Gasteiger partial charge is 0.453 e. The van der Waals surface area contributed by atoms with E-state index in [1.165, 1.54) is 11.1 Å². The molecule has 150 valence electrons. The summed E-state index contributed by atoms with van der Waals surface area (Å²) in [6, 6.07) is 16.1. The highest BCUT2D eigenvalue weighted by molar-refractivity contribution is 7.18. The molecule has 1 amide bonds. The first kappa shape index (κ1) is 19.6. The van der Waals surface area contributed by atoms with Crippen molar-refractivity contribution in [3.63, 3.8) is 0 Å². The Balaban J connectivity index is 1.29. The molecular formula is C23H24N2O3S. The molecule has 0 fully saturated rings. The summed E-state index contributed by atoms with van der Waals surface area (Å²) in [6.45, 7) is 1.62. The van der Waals surface area contributed by atoms with Crippen LogP contribution in [0, 0.1) is 0 Å². The second-order valence-electron chi connectivity index (χ2n) is 7.36. The zero-order chi connectivity index (χ0) is 20.2. The number of carbonyl (C=O) groups is 2. The maximum Gasteiger partial charge on any atom is 0.306 e. The third-order valence-electron chi connectivity index (χ3n) is 5.24. The van der Waals surface area contributed by atoms with Crippen molar-refractivity contribution in [2.24, 2.45) is 0 Å². The molecule has 2 atom stereocenters. The van der Waals surface area contributed by atoms with Crippen molar-refractivity contribution in [1.82, 2.24) is 10.3 Å². The van der Waals surface area contributed by atoms with Crippen LogP contribution in [0.3, 0.4) is 0 Å². The molecule has 6 heteroatoms. The number of para-hydroxylation sites is 1. The van der Waals surface area contributed by atoms with Crippen LogP contribution in [0.5, 0.6) is 0 Å². The summed E-state index contributed by atoms with van der Waals surface area (Å²) in [5, 5.41) is 3.95. The van der Waals surface area contributed by atoms with Crippen LogP contribution in [0.1, 0.15) is 48.4 Å². The van der Waals surface area contributed by atoms with Crippen LogP contribution in [0.15, 0.2) is 48.5 Å². The van der Waals surface area contributed by atoms with Gasteiger partial charge >= 0.3 is 5.97 Å². The van der Waals surface area contributed by atoms with Gasteiger partial charge in [-0.2, -0.15) is 0 Å². The summed E-state index contributed by atoms with van der Waals surface area (Å²) >= 11 is 1.58. The third kappa shape index (κ3) is 4.65. The van der Waals surface area contributed by atoms with Crippen molar-refractivity contribution in [3.8, 4) is 0 Å². The Hall–Kier alpha value is -2.73. The number of aromatic nitrogens is 1. The number of rotatable bonds is 6. The molecule has 0 bridgehead atoms. The van der Waals surface area contributed by atoms with E-state index in [1.807, 2.05) is 36.4 Å². The van der Waals surface area contributed by atoms with Gasteiger partial charge in [-0.15, -0.1) is 11.3 Å². The fourth-order valence-corrected chi connectivity index (χ4v) is 4.71. The summed E-state index contributed by atoms with van der Waals surface area (Å²) in [5.41, 5.74) is 3.40. The Morgan fingerprint density at radius 1 is 1.21 bits per heavy atom. The summed E-state index contributed by atoms with van der Waals surface area (Å²) < 4.78 is 6.47. The Bertz CT molecular complexity index is 997. The average Bonchev–Trinajstić information content (AvgIpc) is 3.15. The molecule has 0 aliphatic heterocycles. The number of carbonyl (C=O) groups excluding carboxylic acids is 2. The molecule has 0 radical (unpaired) electrons. The van der Waals surface area contributed by atoms with E-state index in [2.05, 4.69) is 22.4 Å². The van der Waals surface area contributed by atoms with Crippen LogP contribution in [-0.2, 0) is 27.2 Å². The lowest BCUT2D eigenvalue weighted by molar-refractivity contribution is -0.155. The van der Waals surface area contributed by atoms with E-state index in [4.69, 9.17) is 4.74 Å². The van der Waals surface area contributed by atoms with E-state index in [0.717, 1.165) is 34.5 Å². The van der Waals surface area contributed by atoms with Gasteiger partial charge in [0.1, 0.15) is 0 Å². The molecule has 1 heterocycles. The number of amides is 1. The van der Waals surface area contributed by atoms with Crippen molar-refractivity contribution >= 4 is 33.4 Å². The Kier molecular flexibility index (Phi) is 5.90. The summed E-state index contributed by atoms with van der Waals surface area (Å²) in [7, 11) is 0. The Morgan fingerprint density at radius 3 is 2.86 bits per heavy atom. The van der Waals surface area contributed by atoms with Crippen molar-refractivity contribution < 1.29 is 14.3 Å². The van der Waals surface area contributed by atoms with Crippen LogP contribution < -0.4 is 5.32 Å². The van der Waals surface area contributed by atoms with Crippen molar-refractivity contribution in [3.05, 3.63) is 64.7 Å². The molecule has 0 saturated heterocycles. The second-order valence-corrected chi connectivity index (χ2v) is 8.47. The first-order valence-electron chi connectivity index (χ1n) is 10.0. The molecule has 1 aromatic heterocycles. The zero-order valence-electron chi connectivity index (χ0n) is 16.4. The number of thiazole rings is 1. The predicted octanol–water partition coefficient (Wildman–Crippen LogP) is 4.35. The molecule has 1 aliphatic carbocycles. The Labute approximate surface area is 174 Å². The highest BCUT2D eigenvalue weighted by Crippen LogP contribution is 2.29. The molecule has 0 spiro atoms. The quantitative estimate of drug-likeness (QED) is 0.616. The van der Waals surface area contributed by atoms with Gasteiger partial charge in [-0.05, 0) is 49.4 Å². The second kappa shape index (κ2) is 8.74. The molecule has 4 rings (SSSR count). The minimum atomic E-state index is -0.813. The molecule has 0 unspecified atom stereocenters.